The van der Waals surface area contributed by atoms with Crippen LogP contribution in [0.4, 0.5) is 0 Å². The van der Waals surface area contributed by atoms with Gasteiger partial charge in [0.2, 0.25) is 0 Å². The predicted octanol–water partition coefficient (Wildman–Crippen LogP) is 1.58. The summed E-state index contributed by atoms with van der Waals surface area (Å²) in [6.07, 6.45) is 1.97. The second kappa shape index (κ2) is 7.37. The van der Waals surface area contributed by atoms with E-state index in [1.54, 1.807) is 7.05 Å². The third-order valence-corrected chi connectivity index (χ3v) is 5.22. The van der Waals surface area contributed by atoms with Crippen molar-refractivity contribution in [2.24, 2.45) is 7.05 Å². The number of carbonyl (C=O) groups is 1. The summed E-state index contributed by atoms with van der Waals surface area (Å²) in [7, 11) is 5.81. The summed E-state index contributed by atoms with van der Waals surface area (Å²) in [5, 5.41) is 7.05. The van der Waals surface area contributed by atoms with Crippen molar-refractivity contribution in [3.63, 3.8) is 0 Å². The van der Waals surface area contributed by atoms with Gasteiger partial charge < -0.3 is 5.32 Å². The van der Waals surface area contributed by atoms with Gasteiger partial charge in [-0.3, -0.25) is 19.3 Å². The van der Waals surface area contributed by atoms with Crippen molar-refractivity contribution in [1.29, 1.82) is 0 Å². The molecular weight excluding hydrogens is 314 g/mol. The molecule has 0 saturated carbocycles. The minimum Gasteiger partial charge on any atom is -0.355 e. The highest BCUT2D eigenvalue weighted by Crippen LogP contribution is 2.26. The fourth-order valence-electron chi connectivity index (χ4n) is 3.41. The van der Waals surface area contributed by atoms with Crippen LogP contribution >= 0.6 is 0 Å². The van der Waals surface area contributed by atoms with Gasteiger partial charge in [-0.15, -0.1) is 0 Å². The van der Waals surface area contributed by atoms with Crippen molar-refractivity contribution in [1.82, 2.24) is 24.9 Å². The van der Waals surface area contributed by atoms with E-state index in [2.05, 4.69) is 40.3 Å². The Morgan fingerprint density at radius 3 is 2.80 bits per heavy atom. The average Bonchev–Trinajstić information content (AvgIpc) is 2.94. The maximum Gasteiger partial charge on any atom is 0.251 e. The molecule has 6 heteroatoms. The van der Waals surface area contributed by atoms with E-state index in [1.165, 1.54) is 16.8 Å². The van der Waals surface area contributed by atoms with Crippen molar-refractivity contribution >= 4 is 5.91 Å². The average molecular weight is 341 g/mol. The van der Waals surface area contributed by atoms with Gasteiger partial charge in [0.25, 0.3) is 5.91 Å². The number of aromatic nitrogens is 2. The molecule has 6 nitrogen and oxygen atoms in total. The summed E-state index contributed by atoms with van der Waals surface area (Å²) in [6, 6.07) is 8.25. The van der Waals surface area contributed by atoms with E-state index in [4.69, 9.17) is 0 Å². The Balaban J connectivity index is 1.77. The van der Waals surface area contributed by atoms with Gasteiger partial charge in [-0.25, -0.2) is 0 Å². The molecule has 134 valence electrons. The molecule has 0 radical (unpaired) electrons. The smallest absolute Gasteiger partial charge is 0.251 e. The van der Waals surface area contributed by atoms with Gasteiger partial charge in [0, 0.05) is 63.1 Å². The zero-order valence-corrected chi connectivity index (χ0v) is 15.5. The fraction of sp³-hybridized carbons (Fsp3) is 0.474. The van der Waals surface area contributed by atoms with Gasteiger partial charge in [-0.05, 0) is 31.7 Å². The molecule has 2 heterocycles. The molecule has 25 heavy (non-hydrogen) atoms. The third kappa shape index (κ3) is 3.75. The first-order chi connectivity index (χ1) is 12.0. The highest BCUT2D eigenvalue weighted by atomic mass is 16.1. The lowest BCUT2D eigenvalue weighted by molar-refractivity contribution is 0.0899. The predicted molar refractivity (Wildman–Crippen MR) is 98.4 cm³/mol. The van der Waals surface area contributed by atoms with Crippen LogP contribution in [0.2, 0.25) is 0 Å². The van der Waals surface area contributed by atoms with Crippen molar-refractivity contribution in [3.8, 4) is 0 Å². The van der Waals surface area contributed by atoms with Crippen molar-refractivity contribution in [2.45, 2.75) is 19.5 Å². The SMILES string of the molecule is CNC(=O)c1cccc([C@@H]2CN(Cc3cnn(C)c3C)CCN2C)c1. The molecule has 1 aliphatic rings. The Morgan fingerprint density at radius 2 is 2.12 bits per heavy atom. The Bertz CT molecular complexity index is 754. The van der Waals surface area contributed by atoms with Crippen LogP contribution in [0.25, 0.3) is 0 Å². The van der Waals surface area contributed by atoms with E-state index in [-0.39, 0.29) is 11.9 Å². The topological polar surface area (TPSA) is 53.4 Å². The first kappa shape index (κ1) is 17.6. The van der Waals surface area contributed by atoms with Crippen LogP contribution in [0.3, 0.4) is 0 Å². The van der Waals surface area contributed by atoms with Gasteiger partial charge >= 0.3 is 0 Å². The molecule has 1 aliphatic heterocycles. The first-order valence-corrected chi connectivity index (χ1v) is 8.71. The number of amides is 1. The van der Waals surface area contributed by atoms with Crippen LogP contribution in [-0.2, 0) is 13.6 Å². The van der Waals surface area contributed by atoms with Gasteiger partial charge in [-0.1, -0.05) is 12.1 Å². The number of aryl methyl sites for hydroxylation is 1. The zero-order valence-electron chi connectivity index (χ0n) is 15.5. The molecule has 1 aromatic heterocycles. The second-order valence-corrected chi connectivity index (χ2v) is 6.81. The quantitative estimate of drug-likeness (QED) is 0.917. The van der Waals surface area contributed by atoms with E-state index < -0.39 is 0 Å². The third-order valence-electron chi connectivity index (χ3n) is 5.22. The van der Waals surface area contributed by atoms with E-state index in [9.17, 15) is 4.79 Å². The molecule has 0 aliphatic carbocycles. The molecule has 1 atom stereocenters. The molecule has 1 N–H and O–H groups in total. The van der Waals surface area contributed by atoms with Crippen molar-refractivity contribution < 1.29 is 4.79 Å². The number of nitrogens with one attached hydrogen (secondary N) is 1. The van der Waals surface area contributed by atoms with E-state index in [0.717, 1.165) is 26.2 Å². The van der Waals surface area contributed by atoms with Gasteiger partial charge in [0.1, 0.15) is 0 Å². The van der Waals surface area contributed by atoms with Gasteiger partial charge in [0.15, 0.2) is 0 Å². The van der Waals surface area contributed by atoms with Gasteiger partial charge in [-0.2, -0.15) is 5.10 Å². The minimum atomic E-state index is -0.0387. The number of rotatable bonds is 4. The van der Waals surface area contributed by atoms with Crippen LogP contribution in [0, 0.1) is 6.92 Å². The maximum atomic E-state index is 11.9. The molecule has 1 fully saturated rings. The summed E-state index contributed by atoms with van der Waals surface area (Å²) in [6.45, 7) is 6.02. The molecule has 3 rings (SSSR count). The molecule has 2 aromatic rings. The number of hydrogen-bond donors (Lipinski definition) is 1. The zero-order chi connectivity index (χ0) is 18.0. The largest absolute Gasteiger partial charge is 0.355 e. The maximum absolute atomic E-state index is 11.9. The summed E-state index contributed by atoms with van der Waals surface area (Å²) in [4.78, 5) is 16.8. The molecule has 0 bridgehead atoms. The van der Waals surface area contributed by atoms with E-state index in [1.807, 2.05) is 36.1 Å². The minimum absolute atomic E-state index is 0.0387. The summed E-state index contributed by atoms with van der Waals surface area (Å²) >= 11 is 0. The molecule has 1 aromatic carbocycles. The Labute approximate surface area is 149 Å². The Hall–Kier alpha value is -2.18. The second-order valence-electron chi connectivity index (χ2n) is 6.81. The van der Waals surface area contributed by atoms with E-state index in [0.29, 0.717) is 5.56 Å². The summed E-state index contributed by atoms with van der Waals surface area (Å²) in [5.74, 6) is -0.0387. The lowest BCUT2D eigenvalue weighted by atomic mass is 10.00. The van der Waals surface area contributed by atoms with Crippen LogP contribution in [0.15, 0.2) is 30.5 Å². The number of nitrogens with zero attached hydrogens (tertiary/aromatic N) is 4. The lowest BCUT2D eigenvalue weighted by Gasteiger charge is -2.39. The van der Waals surface area contributed by atoms with E-state index >= 15 is 0 Å². The van der Waals surface area contributed by atoms with Gasteiger partial charge in [0.05, 0.1) is 6.20 Å². The molecule has 0 spiro atoms. The monoisotopic (exact) mass is 341 g/mol. The van der Waals surface area contributed by atoms with Crippen LogP contribution in [0.1, 0.15) is 33.2 Å². The Kier molecular flexibility index (Phi) is 5.20. The summed E-state index contributed by atoms with van der Waals surface area (Å²) in [5.41, 5.74) is 4.41. The highest BCUT2D eigenvalue weighted by molar-refractivity contribution is 5.94. The number of benzene rings is 1. The van der Waals surface area contributed by atoms with Crippen molar-refractivity contribution in [2.75, 3.05) is 33.7 Å². The van der Waals surface area contributed by atoms with Crippen LogP contribution in [0.5, 0.6) is 0 Å². The highest BCUT2D eigenvalue weighted by Gasteiger charge is 2.26. The normalized spacial score (nSPS) is 19.1. The fourth-order valence-corrected chi connectivity index (χ4v) is 3.41. The van der Waals surface area contributed by atoms with Crippen LogP contribution < -0.4 is 5.32 Å². The first-order valence-electron chi connectivity index (χ1n) is 8.71. The number of piperazine rings is 1. The standard InChI is InChI=1S/C19H27N5O/c1-14-17(11-21-23(14)4)12-24-9-8-22(3)18(13-24)15-6-5-7-16(10-15)19(25)20-2/h5-7,10-11,18H,8-9,12-13H2,1-4H3,(H,20,25)/t18-/m0/s1. The molecular formula is C19H27N5O. The van der Waals surface area contributed by atoms with Crippen molar-refractivity contribution in [3.05, 3.63) is 52.8 Å². The number of likely N-dealkylation sites (N-methyl/N-ethyl adjacent to an activating group) is 1. The Morgan fingerprint density at radius 1 is 1.32 bits per heavy atom. The number of carbonyl (C=O) groups excluding carboxylic acids is 1. The molecule has 0 unspecified atom stereocenters. The molecule has 1 saturated heterocycles. The van der Waals surface area contributed by atoms with Crippen LogP contribution in [-0.4, -0.2) is 59.2 Å². The molecule has 1 amide bonds. The lowest BCUT2D eigenvalue weighted by Crippen LogP contribution is -2.46. The number of hydrogen-bond acceptors (Lipinski definition) is 4. The summed E-state index contributed by atoms with van der Waals surface area (Å²) < 4.78 is 1.93.